The molecule has 2 aromatic rings. The summed E-state index contributed by atoms with van der Waals surface area (Å²) < 4.78 is 0. The lowest BCUT2D eigenvalue weighted by Gasteiger charge is -2.18. The van der Waals surface area contributed by atoms with Crippen LogP contribution in [0.15, 0.2) is 36.5 Å². The molecule has 0 fully saturated rings. The minimum absolute atomic E-state index is 0.405. The van der Waals surface area contributed by atoms with Gasteiger partial charge in [0.05, 0.1) is 0 Å². The summed E-state index contributed by atoms with van der Waals surface area (Å²) in [6, 6.07) is 9.61. The molecule has 4 nitrogen and oxygen atoms in total. The molecule has 92 valence electrons. The number of nitrogens with two attached hydrogens (primary N) is 1. The summed E-state index contributed by atoms with van der Waals surface area (Å²) in [7, 11) is 1.96. The van der Waals surface area contributed by atoms with Crippen LogP contribution in [0, 0.1) is 6.92 Å². The quantitative estimate of drug-likeness (QED) is 0.855. The Morgan fingerprint density at radius 3 is 2.44 bits per heavy atom. The zero-order chi connectivity index (χ0) is 13.1. The van der Waals surface area contributed by atoms with Gasteiger partial charge in [-0.25, -0.2) is 9.97 Å². The Morgan fingerprint density at radius 2 is 1.89 bits per heavy atom. The van der Waals surface area contributed by atoms with Crippen molar-refractivity contribution >= 4 is 28.7 Å². The SMILES string of the molecule is Cc1nccc(N(C)c2ccc(C(N)=S)cc2)n1. The first-order valence-electron chi connectivity index (χ1n) is 5.51. The topological polar surface area (TPSA) is 55.0 Å². The Hall–Kier alpha value is -2.01. The van der Waals surface area contributed by atoms with Crippen LogP contribution in [0.1, 0.15) is 11.4 Å². The molecule has 0 saturated carbocycles. The molecule has 1 aromatic heterocycles. The molecule has 0 atom stereocenters. The molecule has 0 unspecified atom stereocenters. The van der Waals surface area contributed by atoms with Gasteiger partial charge < -0.3 is 10.6 Å². The zero-order valence-electron chi connectivity index (χ0n) is 10.3. The molecule has 0 aliphatic carbocycles. The molecule has 18 heavy (non-hydrogen) atoms. The third-order valence-electron chi connectivity index (χ3n) is 2.64. The molecule has 0 bridgehead atoms. The van der Waals surface area contributed by atoms with Crippen molar-refractivity contribution in [2.45, 2.75) is 6.92 Å². The van der Waals surface area contributed by atoms with E-state index < -0.39 is 0 Å². The summed E-state index contributed by atoms with van der Waals surface area (Å²) >= 11 is 4.93. The highest BCUT2D eigenvalue weighted by Crippen LogP contribution is 2.21. The van der Waals surface area contributed by atoms with Gasteiger partial charge in [-0.2, -0.15) is 0 Å². The van der Waals surface area contributed by atoms with Crippen LogP contribution in [0.25, 0.3) is 0 Å². The summed E-state index contributed by atoms with van der Waals surface area (Å²) in [5.74, 6) is 1.60. The van der Waals surface area contributed by atoms with E-state index in [4.69, 9.17) is 18.0 Å². The van der Waals surface area contributed by atoms with Crippen LogP contribution in [-0.2, 0) is 0 Å². The predicted molar refractivity (Wildman–Crippen MR) is 77.2 cm³/mol. The average molecular weight is 258 g/mol. The van der Waals surface area contributed by atoms with E-state index in [0.717, 1.165) is 22.9 Å². The molecular weight excluding hydrogens is 244 g/mol. The van der Waals surface area contributed by atoms with Gasteiger partial charge in [-0.05, 0) is 37.3 Å². The van der Waals surface area contributed by atoms with E-state index in [2.05, 4.69) is 9.97 Å². The summed E-state index contributed by atoms with van der Waals surface area (Å²) in [6.45, 7) is 1.87. The molecule has 0 spiro atoms. The van der Waals surface area contributed by atoms with Gasteiger partial charge in [0.2, 0.25) is 0 Å². The molecule has 0 amide bonds. The third-order valence-corrected chi connectivity index (χ3v) is 2.88. The van der Waals surface area contributed by atoms with Crippen molar-refractivity contribution in [2.75, 3.05) is 11.9 Å². The fourth-order valence-corrected chi connectivity index (χ4v) is 1.75. The second-order valence-electron chi connectivity index (χ2n) is 3.93. The second kappa shape index (κ2) is 5.10. The maximum absolute atomic E-state index is 5.57. The number of rotatable bonds is 3. The van der Waals surface area contributed by atoms with Gasteiger partial charge in [-0.15, -0.1) is 0 Å². The van der Waals surface area contributed by atoms with Crippen molar-refractivity contribution in [2.24, 2.45) is 5.73 Å². The lowest BCUT2D eigenvalue weighted by atomic mass is 10.2. The lowest BCUT2D eigenvalue weighted by molar-refractivity contribution is 1.01. The Kier molecular flexibility index (Phi) is 3.53. The van der Waals surface area contributed by atoms with Gasteiger partial charge in [0.25, 0.3) is 0 Å². The highest BCUT2D eigenvalue weighted by molar-refractivity contribution is 7.80. The highest BCUT2D eigenvalue weighted by atomic mass is 32.1. The molecular formula is C13H14N4S. The fraction of sp³-hybridized carbons (Fsp3) is 0.154. The smallest absolute Gasteiger partial charge is 0.136 e. The average Bonchev–Trinajstić information content (AvgIpc) is 2.38. The normalized spacial score (nSPS) is 10.1. The summed E-state index contributed by atoms with van der Waals surface area (Å²) in [5, 5.41) is 0. The standard InChI is InChI=1S/C13H14N4S/c1-9-15-8-7-12(16-9)17(2)11-5-3-10(4-6-11)13(14)18/h3-8H,1-2H3,(H2,14,18). The van der Waals surface area contributed by atoms with Crippen molar-refractivity contribution in [3.05, 3.63) is 47.9 Å². The second-order valence-corrected chi connectivity index (χ2v) is 4.37. The molecule has 0 saturated heterocycles. The molecule has 0 aliphatic rings. The van der Waals surface area contributed by atoms with E-state index in [1.807, 2.05) is 49.2 Å². The molecule has 5 heteroatoms. The number of nitrogens with zero attached hydrogens (tertiary/aromatic N) is 3. The fourth-order valence-electron chi connectivity index (χ4n) is 1.61. The van der Waals surface area contributed by atoms with E-state index in [1.54, 1.807) is 6.20 Å². The minimum Gasteiger partial charge on any atom is -0.389 e. The molecule has 1 aromatic carbocycles. The van der Waals surface area contributed by atoms with E-state index in [0.29, 0.717) is 4.99 Å². The van der Waals surface area contributed by atoms with Crippen LogP contribution in [0.2, 0.25) is 0 Å². The third kappa shape index (κ3) is 2.62. The van der Waals surface area contributed by atoms with Gasteiger partial charge in [-0.1, -0.05) is 12.2 Å². The number of anilines is 2. The number of benzene rings is 1. The molecule has 1 heterocycles. The van der Waals surface area contributed by atoms with Crippen LogP contribution >= 0.6 is 12.2 Å². The Morgan fingerprint density at radius 1 is 1.22 bits per heavy atom. The van der Waals surface area contributed by atoms with Crippen LogP contribution in [-0.4, -0.2) is 22.0 Å². The van der Waals surface area contributed by atoms with Crippen LogP contribution < -0.4 is 10.6 Å². The minimum atomic E-state index is 0.405. The summed E-state index contributed by atoms with van der Waals surface area (Å²) in [4.78, 5) is 10.8. The molecule has 0 radical (unpaired) electrons. The van der Waals surface area contributed by atoms with Gasteiger partial charge in [0, 0.05) is 24.5 Å². The first kappa shape index (κ1) is 12.4. The summed E-state index contributed by atoms with van der Waals surface area (Å²) in [5.41, 5.74) is 7.45. The van der Waals surface area contributed by atoms with E-state index in [1.165, 1.54) is 0 Å². The highest BCUT2D eigenvalue weighted by Gasteiger charge is 2.06. The van der Waals surface area contributed by atoms with Crippen LogP contribution in [0.5, 0.6) is 0 Å². The van der Waals surface area contributed by atoms with E-state index >= 15 is 0 Å². The predicted octanol–water partition coefficient (Wildman–Crippen LogP) is 2.19. The Labute approximate surface area is 111 Å². The van der Waals surface area contributed by atoms with Crippen molar-refractivity contribution in [1.29, 1.82) is 0 Å². The van der Waals surface area contributed by atoms with Crippen LogP contribution in [0.4, 0.5) is 11.5 Å². The number of aryl methyl sites for hydroxylation is 1. The molecule has 0 aliphatic heterocycles. The number of thiocarbonyl (C=S) groups is 1. The monoisotopic (exact) mass is 258 g/mol. The van der Waals surface area contributed by atoms with Crippen molar-refractivity contribution in [3.8, 4) is 0 Å². The number of aromatic nitrogens is 2. The first-order chi connectivity index (χ1) is 8.58. The maximum atomic E-state index is 5.57. The Balaban J connectivity index is 2.28. The van der Waals surface area contributed by atoms with Gasteiger partial charge in [-0.3, -0.25) is 0 Å². The van der Waals surface area contributed by atoms with Crippen LogP contribution in [0.3, 0.4) is 0 Å². The lowest BCUT2D eigenvalue weighted by Crippen LogP contribution is -2.13. The van der Waals surface area contributed by atoms with E-state index in [-0.39, 0.29) is 0 Å². The van der Waals surface area contributed by atoms with Crippen molar-refractivity contribution in [1.82, 2.24) is 9.97 Å². The van der Waals surface area contributed by atoms with Gasteiger partial charge in [0.1, 0.15) is 16.6 Å². The van der Waals surface area contributed by atoms with Gasteiger partial charge >= 0.3 is 0 Å². The largest absolute Gasteiger partial charge is 0.389 e. The first-order valence-corrected chi connectivity index (χ1v) is 5.92. The molecule has 2 N–H and O–H groups in total. The maximum Gasteiger partial charge on any atom is 0.136 e. The zero-order valence-corrected chi connectivity index (χ0v) is 11.1. The molecule has 2 rings (SSSR count). The van der Waals surface area contributed by atoms with Crippen molar-refractivity contribution < 1.29 is 0 Å². The summed E-state index contributed by atoms with van der Waals surface area (Å²) in [6.07, 6.45) is 1.75. The number of hydrogen-bond donors (Lipinski definition) is 1. The Bertz CT molecular complexity index is 565. The van der Waals surface area contributed by atoms with E-state index in [9.17, 15) is 0 Å². The number of hydrogen-bond acceptors (Lipinski definition) is 4. The van der Waals surface area contributed by atoms with Gasteiger partial charge in [0.15, 0.2) is 0 Å². The van der Waals surface area contributed by atoms with Crippen molar-refractivity contribution in [3.63, 3.8) is 0 Å².